The lowest BCUT2D eigenvalue weighted by Gasteiger charge is -2.32. The number of rotatable bonds is 6. The van der Waals surface area contributed by atoms with Crippen molar-refractivity contribution < 1.29 is 22.7 Å². The van der Waals surface area contributed by atoms with Crippen LogP contribution in [0.3, 0.4) is 0 Å². The number of carbonyl (C=O) groups is 2. The summed E-state index contributed by atoms with van der Waals surface area (Å²) >= 11 is 0. The third kappa shape index (κ3) is 5.55. The number of methoxy groups -OCH3 is 1. The number of nitrogens with zero attached hydrogens (tertiary/aromatic N) is 1. The molecular weight excluding hydrogens is 418 g/mol. The lowest BCUT2D eigenvalue weighted by atomic mass is 10.0. The first-order valence-electron chi connectivity index (χ1n) is 10.0. The van der Waals surface area contributed by atoms with E-state index < -0.39 is 10.0 Å². The average molecular weight is 446 g/mol. The number of hydrogen-bond acceptors (Lipinski definition) is 5. The van der Waals surface area contributed by atoms with Gasteiger partial charge in [0, 0.05) is 37.3 Å². The van der Waals surface area contributed by atoms with Gasteiger partial charge in [-0.15, -0.1) is 0 Å². The van der Waals surface area contributed by atoms with Gasteiger partial charge in [-0.1, -0.05) is 6.07 Å². The van der Waals surface area contributed by atoms with Gasteiger partial charge in [-0.3, -0.25) is 14.3 Å². The van der Waals surface area contributed by atoms with E-state index in [0.717, 1.165) is 0 Å². The number of ether oxygens (including phenoxy) is 1. The van der Waals surface area contributed by atoms with Crippen LogP contribution in [0, 0.1) is 6.92 Å². The largest absolute Gasteiger partial charge is 0.497 e. The molecule has 0 spiro atoms. The van der Waals surface area contributed by atoms with Crippen molar-refractivity contribution in [3.63, 3.8) is 0 Å². The first-order chi connectivity index (χ1) is 14.7. The maximum Gasteiger partial charge on any atom is 0.261 e. The van der Waals surface area contributed by atoms with Crippen LogP contribution in [-0.4, -0.2) is 51.4 Å². The van der Waals surface area contributed by atoms with Gasteiger partial charge in [-0.2, -0.15) is 0 Å². The maximum atomic E-state index is 13.1. The summed E-state index contributed by atoms with van der Waals surface area (Å²) in [6, 6.07) is 11.1. The van der Waals surface area contributed by atoms with Crippen molar-refractivity contribution in [2.24, 2.45) is 0 Å². The molecule has 1 fully saturated rings. The van der Waals surface area contributed by atoms with Crippen LogP contribution in [-0.2, 0) is 14.8 Å². The minimum atomic E-state index is -3.87. The van der Waals surface area contributed by atoms with Gasteiger partial charge in [0.05, 0.1) is 12.0 Å². The number of hydrogen-bond donors (Lipinski definition) is 2. The highest BCUT2D eigenvalue weighted by atomic mass is 32.2. The number of nitrogens with one attached hydrogen (secondary N) is 2. The summed E-state index contributed by atoms with van der Waals surface area (Å²) in [7, 11) is -2.33. The van der Waals surface area contributed by atoms with Gasteiger partial charge in [0.2, 0.25) is 5.91 Å². The molecule has 0 atom stereocenters. The van der Waals surface area contributed by atoms with Crippen LogP contribution >= 0.6 is 0 Å². The highest BCUT2D eigenvalue weighted by Gasteiger charge is 2.26. The van der Waals surface area contributed by atoms with Crippen LogP contribution in [0.25, 0.3) is 0 Å². The molecule has 2 N–H and O–H groups in total. The third-order valence-corrected chi connectivity index (χ3v) is 6.66. The molecule has 0 aliphatic carbocycles. The molecule has 3 rings (SSSR count). The summed E-state index contributed by atoms with van der Waals surface area (Å²) in [5, 5.41) is 2.88. The highest BCUT2D eigenvalue weighted by Crippen LogP contribution is 2.23. The van der Waals surface area contributed by atoms with Gasteiger partial charge in [-0.25, -0.2) is 8.42 Å². The number of likely N-dealkylation sites (tertiary alicyclic amines) is 1. The zero-order valence-electron chi connectivity index (χ0n) is 17.8. The Bertz CT molecular complexity index is 1060. The summed E-state index contributed by atoms with van der Waals surface area (Å²) in [6.45, 7) is 4.27. The number of piperidine rings is 1. The smallest absolute Gasteiger partial charge is 0.261 e. The fraction of sp³-hybridized carbons (Fsp3) is 0.364. The molecule has 1 heterocycles. The number of aryl methyl sites for hydroxylation is 1. The number of carbonyl (C=O) groups excluding carboxylic acids is 2. The van der Waals surface area contributed by atoms with E-state index in [4.69, 9.17) is 4.74 Å². The van der Waals surface area contributed by atoms with Gasteiger partial charge in [-0.05, 0) is 61.7 Å². The van der Waals surface area contributed by atoms with Crippen LogP contribution in [0.2, 0.25) is 0 Å². The van der Waals surface area contributed by atoms with Gasteiger partial charge < -0.3 is 15.0 Å². The second kappa shape index (κ2) is 9.38. The van der Waals surface area contributed by atoms with Gasteiger partial charge in [0.25, 0.3) is 15.9 Å². The van der Waals surface area contributed by atoms with Crippen LogP contribution in [0.1, 0.15) is 35.7 Å². The molecule has 2 aromatic carbocycles. The predicted molar refractivity (Wildman–Crippen MR) is 118 cm³/mol. The summed E-state index contributed by atoms with van der Waals surface area (Å²) in [4.78, 5) is 26.0. The van der Waals surface area contributed by atoms with E-state index in [1.54, 1.807) is 42.2 Å². The molecule has 0 aromatic heterocycles. The van der Waals surface area contributed by atoms with Crippen molar-refractivity contribution in [2.75, 3.05) is 24.9 Å². The van der Waals surface area contributed by atoms with Crippen LogP contribution in [0.5, 0.6) is 5.75 Å². The molecule has 166 valence electrons. The minimum absolute atomic E-state index is 0.0189. The Morgan fingerprint density at radius 3 is 2.29 bits per heavy atom. The third-order valence-electron chi connectivity index (χ3n) is 5.28. The Hall–Kier alpha value is -3.07. The van der Waals surface area contributed by atoms with Crippen molar-refractivity contribution in [3.8, 4) is 5.75 Å². The Balaban J connectivity index is 1.76. The molecule has 9 heteroatoms. The topological polar surface area (TPSA) is 105 Å². The average Bonchev–Trinajstić information content (AvgIpc) is 2.74. The Kier molecular flexibility index (Phi) is 6.84. The lowest BCUT2D eigenvalue weighted by Crippen LogP contribution is -2.46. The van der Waals surface area contributed by atoms with Crippen LogP contribution < -0.4 is 14.8 Å². The van der Waals surface area contributed by atoms with E-state index in [1.165, 1.54) is 26.2 Å². The minimum Gasteiger partial charge on any atom is -0.497 e. The van der Waals surface area contributed by atoms with Gasteiger partial charge in [0.1, 0.15) is 5.75 Å². The Labute approximate surface area is 182 Å². The van der Waals surface area contributed by atoms with E-state index in [-0.39, 0.29) is 22.8 Å². The van der Waals surface area contributed by atoms with E-state index >= 15 is 0 Å². The second-order valence-electron chi connectivity index (χ2n) is 7.58. The van der Waals surface area contributed by atoms with E-state index in [1.807, 2.05) is 0 Å². The molecule has 2 aromatic rings. The van der Waals surface area contributed by atoms with Crippen LogP contribution in [0.4, 0.5) is 5.69 Å². The lowest BCUT2D eigenvalue weighted by molar-refractivity contribution is -0.119. The van der Waals surface area contributed by atoms with E-state index in [9.17, 15) is 18.0 Å². The first kappa shape index (κ1) is 22.6. The van der Waals surface area contributed by atoms with Crippen molar-refractivity contribution in [1.82, 2.24) is 10.2 Å². The fourth-order valence-corrected chi connectivity index (χ4v) is 4.64. The number of anilines is 1. The molecular formula is C22H27N3O5S. The number of benzene rings is 2. The molecule has 2 amide bonds. The number of sulfonamides is 1. The monoisotopic (exact) mass is 445 g/mol. The molecule has 8 nitrogen and oxygen atoms in total. The summed E-state index contributed by atoms with van der Waals surface area (Å²) in [5.41, 5.74) is 1.46. The Morgan fingerprint density at radius 1 is 1.06 bits per heavy atom. The highest BCUT2D eigenvalue weighted by molar-refractivity contribution is 7.92. The molecule has 1 saturated heterocycles. The van der Waals surface area contributed by atoms with Crippen molar-refractivity contribution in [2.45, 2.75) is 37.6 Å². The second-order valence-corrected chi connectivity index (χ2v) is 9.26. The molecule has 1 aliphatic rings. The summed E-state index contributed by atoms with van der Waals surface area (Å²) in [6.07, 6.45) is 1.34. The normalized spacial score (nSPS) is 14.7. The standard InChI is InChI=1S/C22H27N3O5S/c1-15-4-9-20(31(28,29)24-18-5-7-19(30-3)8-6-18)14-21(15)22(27)25-12-10-17(11-13-25)23-16(2)26/h4-9,14,17,24H,10-13H2,1-3H3,(H,23,26). The maximum absolute atomic E-state index is 13.1. The van der Waals surface area contributed by atoms with Gasteiger partial charge in [0.15, 0.2) is 0 Å². The van der Waals surface area contributed by atoms with E-state index in [2.05, 4.69) is 10.0 Å². The predicted octanol–water partition coefficient (Wildman–Crippen LogP) is 2.55. The molecule has 31 heavy (non-hydrogen) atoms. The molecule has 1 aliphatic heterocycles. The molecule has 0 saturated carbocycles. The van der Waals surface area contributed by atoms with Gasteiger partial charge >= 0.3 is 0 Å². The fourth-order valence-electron chi connectivity index (χ4n) is 3.56. The summed E-state index contributed by atoms with van der Waals surface area (Å²) < 4.78 is 33.3. The van der Waals surface area contributed by atoms with E-state index in [0.29, 0.717) is 48.5 Å². The summed E-state index contributed by atoms with van der Waals surface area (Å²) in [5.74, 6) is 0.330. The van der Waals surface area contributed by atoms with Crippen molar-refractivity contribution in [1.29, 1.82) is 0 Å². The Morgan fingerprint density at radius 2 is 1.71 bits per heavy atom. The quantitative estimate of drug-likeness (QED) is 0.711. The van der Waals surface area contributed by atoms with Crippen molar-refractivity contribution >= 4 is 27.5 Å². The SMILES string of the molecule is COc1ccc(NS(=O)(=O)c2ccc(C)c(C(=O)N3CCC(NC(C)=O)CC3)c2)cc1. The molecule has 0 radical (unpaired) electrons. The van der Waals surface area contributed by atoms with Crippen LogP contribution in [0.15, 0.2) is 47.4 Å². The molecule has 0 bridgehead atoms. The number of amides is 2. The van der Waals surface area contributed by atoms with Crippen molar-refractivity contribution in [3.05, 3.63) is 53.6 Å². The zero-order valence-corrected chi connectivity index (χ0v) is 18.7. The molecule has 0 unspecified atom stereocenters. The zero-order chi connectivity index (χ0) is 22.6. The first-order valence-corrected chi connectivity index (χ1v) is 11.5.